The molecule has 0 aromatic carbocycles. The van der Waals surface area contributed by atoms with Crippen LogP contribution < -0.4 is 21.3 Å². The average molecular weight is 1520 g/mol. The molecular formula is C68H120N12O18P4. The lowest BCUT2D eigenvalue weighted by Gasteiger charge is -2.24. The Hall–Kier alpha value is -4.96. The van der Waals surface area contributed by atoms with Crippen molar-refractivity contribution in [3.63, 3.8) is 0 Å². The first-order valence-corrected chi connectivity index (χ1v) is 42.8. The molecule has 102 heavy (non-hydrogen) atoms. The topological polar surface area (TPSA) is 407 Å². The zero-order valence-corrected chi connectivity index (χ0v) is 65.5. The van der Waals surface area contributed by atoms with E-state index in [0.717, 1.165) is 142 Å². The van der Waals surface area contributed by atoms with E-state index in [0.29, 0.717) is 129 Å². The molecule has 0 aromatic heterocycles. The fourth-order valence-corrected chi connectivity index (χ4v) is 14.3. The second kappa shape index (κ2) is 61.2. The van der Waals surface area contributed by atoms with Crippen LogP contribution in [0.25, 0.3) is 0 Å². The van der Waals surface area contributed by atoms with E-state index in [9.17, 15) is 38.4 Å². The van der Waals surface area contributed by atoms with Crippen molar-refractivity contribution in [3.8, 4) is 24.3 Å². The molecule has 580 valence electrons. The molecule has 6 amide bonds. The van der Waals surface area contributed by atoms with Crippen LogP contribution in [0.15, 0.2) is 0 Å². The van der Waals surface area contributed by atoms with Crippen LogP contribution in [0.2, 0.25) is 0 Å². The number of nitrogens with one attached hydrogen (secondary N) is 4. The number of rotatable bonds is 40. The van der Waals surface area contributed by atoms with E-state index in [2.05, 4.69) is 49.0 Å². The summed E-state index contributed by atoms with van der Waals surface area (Å²) in [5.41, 5.74) is 0. The third-order valence-electron chi connectivity index (χ3n) is 16.8. The van der Waals surface area contributed by atoms with Gasteiger partial charge in [-0.1, -0.05) is 53.4 Å². The minimum atomic E-state index is -1.18. The van der Waals surface area contributed by atoms with Crippen molar-refractivity contribution in [2.75, 3.05) is 132 Å². The molecule has 0 saturated carbocycles. The molecule has 0 spiro atoms. The zero-order valence-electron chi connectivity index (χ0n) is 62.0. The van der Waals surface area contributed by atoms with Gasteiger partial charge in [0.25, 0.3) is 0 Å². The minimum absolute atomic E-state index is 0.0685. The Morgan fingerprint density at radius 2 is 0.735 bits per heavy atom. The molecule has 6 saturated heterocycles. The van der Waals surface area contributed by atoms with Gasteiger partial charge in [-0.25, -0.2) is 0 Å². The molecule has 10 unspecified atom stereocenters. The number of nitrogens with zero attached hydrogens (tertiary/aromatic N) is 8. The van der Waals surface area contributed by atoms with Gasteiger partial charge in [0.15, 0.2) is 33.5 Å². The molecule has 6 N–H and O–H groups in total. The summed E-state index contributed by atoms with van der Waals surface area (Å²) >= 11 is 0. The van der Waals surface area contributed by atoms with E-state index in [1.165, 1.54) is 0 Å². The molecule has 6 heterocycles. The van der Waals surface area contributed by atoms with Crippen LogP contribution in [0, 0.1) is 45.3 Å². The zero-order chi connectivity index (χ0) is 75.7. The number of nitriles is 4. The fraction of sp³-hybridized carbons (Fsp3) is 0.824. The van der Waals surface area contributed by atoms with Crippen LogP contribution >= 0.6 is 33.5 Å². The number of likely N-dealkylation sites (tertiary alicyclic amines) is 4. The first kappa shape index (κ1) is 95.1. The normalized spacial score (nSPS) is 20.5. The number of amides is 6. The molecular weight excluding hydrogens is 1400 g/mol. The number of unbranched alkanes of at least 4 members (excludes halogenated alkanes) is 4. The maximum Gasteiger partial charge on any atom is 0.320 e. The van der Waals surface area contributed by atoms with Gasteiger partial charge in [-0.15, -0.1) is 0 Å². The molecule has 0 aromatic rings. The number of carbonyl (C=O) groups is 8. The molecule has 6 fully saturated rings. The standard InChI is InChI=1S/2C16H28N3O4P.2C13H23N2O3P.2C5H9NO2/c2*1-3-4-5-10-18-16(21)14-8-6-11-19(14)15(20)13-23-24(2)22-12-7-9-17;2*1-3-12-6-4-9-15(12)13(16)7-11-18-19(2)17-10-5-8-14;2*7-5(8)4-2-1-3-6-4/h2*14H,3-8,10-13H2,1-2H3,(H,18,21);2*12H,3-7,9-11H2,1-2H3;2*4,6H,1-3H2,(H,7,8)/i19+1;16+1;15+1;3+1;6+1;5+1. The third-order valence-corrected chi connectivity index (χ3v) is 21.1. The van der Waals surface area contributed by atoms with Crippen molar-refractivity contribution >= 4 is 80.9 Å². The van der Waals surface area contributed by atoms with Crippen LogP contribution in [0.5, 0.6) is 0 Å². The van der Waals surface area contributed by atoms with Crippen molar-refractivity contribution < 1.29 is 84.8 Å². The van der Waals surface area contributed by atoms with Crippen LogP contribution in [-0.4, -0.2) is 245 Å². The maximum absolute atomic E-state index is 12.3. The van der Waals surface area contributed by atoms with Crippen LogP contribution in [-0.2, 0) is 74.5 Å². The van der Waals surface area contributed by atoms with Crippen molar-refractivity contribution in [1.82, 2.24) is 40.9 Å². The summed E-state index contributed by atoms with van der Waals surface area (Å²) in [7, 11) is -4.31. The Labute approximate surface area is 611 Å². The quantitative estimate of drug-likeness (QED) is 0.0144. The van der Waals surface area contributed by atoms with Gasteiger partial charge in [0.1, 0.15) is 37.4 Å². The highest BCUT2D eigenvalue weighted by Crippen LogP contribution is 2.36. The van der Waals surface area contributed by atoms with Gasteiger partial charge in [-0.3, -0.25) is 38.4 Å². The fourth-order valence-electron chi connectivity index (χ4n) is 11.3. The molecule has 34 heteroatoms. The van der Waals surface area contributed by atoms with Gasteiger partial charge in [-0.05, 0) is 116 Å². The van der Waals surface area contributed by atoms with E-state index in [4.69, 9.17) is 67.5 Å². The van der Waals surface area contributed by atoms with Gasteiger partial charge in [0, 0.05) is 78.0 Å². The van der Waals surface area contributed by atoms with Gasteiger partial charge >= 0.3 is 11.9 Å². The summed E-state index contributed by atoms with van der Waals surface area (Å²) < 4.78 is 43.1. The largest absolute Gasteiger partial charge is 0.480 e. The second-order valence-electron chi connectivity index (χ2n) is 24.5. The van der Waals surface area contributed by atoms with Crippen molar-refractivity contribution in [2.45, 2.75) is 231 Å². The van der Waals surface area contributed by atoms with E-state index < -0.39 is 45.4 Å². The van der Waals surface area contributed by atoms with E-state index >= 15 is 0 Å². The van der Waals surface area contributed by atoms with Crippen molar-refractivity contribution in [2.24, 2.45) is 0 Å². The van der Waals surface area contributed by atoms with Gasteiger partial charge in [-0.2, -0.15) is 21.0 Å². The molecule has 30 nitrogen and oxygen atoms in total. The number of carbonyl (C=O) groups excluding carboxylic acids is 6. The summed E-state index contributed by atoms with van der Waals surface area (Å²) in [5, 5.41) is 61.9. The highest BCUT2D eigenvalue weighted by molar-refractivity contribution is 7.47. The molecule has 0 aliphatic carbocycles. The molecule has 6 rings (SSSR count). The number of carboxylic acid groups (broad SMARTS) is 2. The van der Waals surface area contributed by atoms with Crippen LogP contribution in [0.4, 0.5) is 0 Å². The number of hydrogen-bond acceptors (Lipinski definition) is 22. The lowest BCUT2D eigenvalue weighted by atomic mass is 10.2. The van der Waals surface area contributed by atoms with E-state index in [-0.39, 0.29) is 72.8 Å². The van der Waals surface area contributed by atoms with Gasteiger partial charge in [0.05, 0.1) is 102 Å². The Morgan fingerprint density at radius 3 is 1.02 bits per heavy atom. The van der Waals surface area contributed by atoms with Crippen LogP contribution in [0.1, 0.15) is 195 Å². The summed E-state index contributed by atoms with van der Waals surface area (Å²) in [6.07, 6.45) is 21.7. The Kier molecular flexibility index (Phi) is 57.0. The molecule has 0 radical (unpaired) electrons. The third kappa shape index (κ3) is 43.5. The first-order valence-electron chi connectivity index (χ1n) is 36.3. The lowest BCUT2D eigenvalue weighted by molar-refractivity contribution is -0.140. The Bertz CT molecular complexity index is 2370. The smallest absolute Gasteiger partial charge is 0.320 e. The molecule has 10 atom stereocenters. The Balaban J connectivity index is 0.000000634. The molecule has 6 aliphatic heterocycles. The van der Waals surface area contributed by atoms with E-state index in [1.807, 2.05) is 47.4 Å². The predicted molar refractivity (Wildman–Crippen MR) is 391 cm³/mol. The average Bonchev–Trinajstić information content (AvgIpc) is 1.72. The summed E-state index contributed by atoms with van der Waals surface area (Å²) in [5.74, 6) is -1.57. The predicted octanol–water partition coefficient (Wildman–Crippen LogP) is 9.32. The lowest BCUT2D eigenvalue weighted by Crippen LogP contribution is -2.47. The minimum Gasteiger partial charge on any atom is -0.480 e. The van der Waals surface area contributed by atoms with Crippen molar-refractivity contribution in [3.05, 3.63) is 0 Å². The SMILES string of the molecule is CCC1CCC[15N]1C(=O)CCOP(C)OCCC#N.CCCCCNC(=O)C1CCC[15N]1C(=O)COP(C)OCCC#N.CCCCCN[13C](=O)C1CCCN1C(=O)COP(C)OCCC#N.C[13CH2]C1CCCN1C(=O)CCOP(C)OCCC#N.O=C(O)C1CCC[15NH]1.O=[13C](O)C1CCCN1. The Morgan fingerprint density at radius 1 is 0.422 bits per heavy atom. The highest BCUT2D eigenvalue weighted by Gasteiger charge is 2.36. The number of aliphatic carboxylic acids is 2. The molecule has 6 aliphatic rings. The summed E-state index contributed by atoms with van der Waals surface area (Å²) in [6, 6.07) is 7.53. The first-order chi connectivity index (χ1) is 49.2. The van der Waals surface area contributed by atoms with Gasteiger partial charge in [0.2, 0.25) is 35.4 Å². The molecule has 0 bridgehead atoms. The summed E-state index contributed by atoms with van der Waals surface area (Å²) in [4.78, 5) is 101. The van der Waals surface area contributed by atoms with Crippen LogP contribution in [0.3, 0.4) is 0 Å². The van der Waals surface area contributed by atoms with Crippen molar-refractivity contribution in [1.29, 1.82) is 21.0 Å². The maximum atomic E-state index is 12.3. The number of hydrogen-bond donors (Lipinski definition) is 6. The van der Waals surface area contributed by atoms with Gasteiger partial charge < -0.3 is 87.3 Å². The monoisotopic (exact) mass is 1520 g/mol. The highest BCUT2D eigenvalue weighted by atomic mass is 31.2. The second-order valence-corrected chi connectivity index (χ2v) is 30.1. The number of carboxylic acids is 2. The van der Waals surface area contributed by atoms with E-state index in [1.54, 1.807) is 23.1 Å². The summed E-state index contributed by atoms with van der Waals surface area (Å²) in [6.45, 7) is 23.7.